The third kappa shape index (κ3) is 9.80. The Hall–Kier alpha value is -7.25. The van der Waals surface area contributed by atoms with Crippen molar-refractivity contribution in [3.63, 3.8) is 0 Å². The Labute approximate surface area is 313 Å². The molecule has 0 saturated carbocycles. The Kier molecular flexibility index (Phi) is 12.9. The Morgan fingerprint density at radius 3 is 1.73 bits per heavy atom. The van der Waals surface area contributed by atoms with Gasteiger partial charge in [0.2, 0.25) is 0 Å². The quantitative estimate of drug-likeness (QED) is 0.0880. The predicted octanol–water partition coefficient (Wildman–Crippen LogP) is 4.65. The molecule has 12 N–H and O–H groups in total. The van der Waals surface area contributed by atoms with E-state index in [1.807, 2.05) is 13.8 Å². The van der Waals surface area contributed by atoms with Gasteiger partial charge in [0.15, 0.2) is 46.4 Å². The maximum atomic E-state index is 12.7. The summed E-state index contributed by atoms with van der Waals surface area (Å²) in [7, 11) is 0. The third-order valence-corrected chi connectivity index (χ3v) is 7.86. The average Bonchev–Trinajstić information content (AvgIpc) is 3.14. The molecule has 2 heterocycles. The Morgan fingerprint density at radius 1 is 0.636 bits per heavy atom. The number of carbonyl (C=O) groups excluding carboxylic acids is 1. The number of phenolic OH excluding ortho intramolecular Hbond substituents is 9. The van der Waals surface area contributed by atoms with Crippen LogP contribution in [0.25, 0.3) is 0 Å². The number of ether oxygens (including phenoxy) is 3. The maximum Gasteiger partial charge on any atom is 0.338 e. The molecule has 16 nitrogen and oxygen atoms in total. The van der Waals surface area contributed by atoms with E-state index in [0.717, 1.165) is 18.2 Å². The molecule has 0 fully saturated rings. The van der Waals surface area contributed by atoms with Gasteiger partial charge in [0.25, 0.3) is 0 Å². The van der Waals surface area contributed by atoms with Crippen LogP contribution in [-0.4, -0.2) is 86.1 Å². The van der Waals surface area contributed by atoms with Crippen LogP contribution in [0.1, 0.15) is 47.0 Å². The molecule has 0 aliphatic carbocycles. The first-order valence-corrected chi connectivity index (χ1v) is 16.5. The fourth-order valence-electron chi connectivity index (χ4n) is 5.28. The summed E-state index contributed by atoms with van der Waals surface area (Å²) in [5, 5.41) is 113. The lowest BCUT2D eigenvalue weighted by atomic mass is 9.93. The van der Waals surface area contributed by atoms with Crippen molar-refractivity contribution in [1.29, 1.82) is 0 Å². The summed E-state index contributed by atoms with van der Waals surface area (Å²) in [5.74, 6) is -4.38. The minimum atomic E-state index is -1.06. The normalized spacial score (nSPS) is 16.2. The molecule has 0 spiro atoms. The van der Waals surface area contributed by atoms with Crippen molar-refractivity contribution >= 4 is 5.97 Å². The minimum absolute atomic E-state index is 0.0336. The molecule has 16 heteroatoms. The van der Waals surface area contributed by atoms with Crippen LogP contribution in [-0.2, 0) is 17.6 Å². The van der Waals surface area contributed by atoms with Crippen molar-refractivity contribution in [2.45, 2.75) is 45.0 Å². The van der Waals surface area contributed by atoms with Crippen molar-refractivity contribution < 1.29 is 80.3 Å². The summed E-state index contributed by atoms with van der Waals surface area (Å²) in [5.41, 5.74) is 0.876. The molecule has 0 amide bonds. The minimum Gasteiger partial charge on any atom is -0.508 e. The fraction of sp³-hybridized carbons (Fsp3) is 0.205. The summed E-state index contributed by atoms with van der Waals surface area (Å²) in [6.45, 7) is 4.20. The van der Waals surface area contributed by atoms with E-state index in [4.69, 9.17) is 29.5 Å². The lowest BCUT2D eigenvalue weighted by Gasteiger charge is -2.34. The van der Waals surface area contributed by atoms with Crippen LogP contribution in [0.4, 0.5) is 0 Å². The molecule has 5 aromatic carbocycles. The monoisotopic (exact) mass is 762 g/mol. The van der Waals surface area contributed by atoms with Crippen molar-refractivity contribution in [2.75, 3.05) is 6.61 Å². The number of fused-ring (bicyclic) bond motifs is 2. The Bertz CT molecular complexity index is 2090. The molecule has 7 rings (SSSR count). The molecule has 2 aliphatic rings. The van der Waals surface area contributed by atoms with E-state index in [9.17, 15) is 50.8 Å². The van der Waals surface area contributed by atoms with Crippen LogP contribution >= 0.6 is 0 Å². The Balaban J connectivity index is 0.000000237. The number of carbonyl (C=O) groups is 1. The van der Waals surface area contributed by atoms with Gasteiger partial charge in [0.1, 0.15) is 47.2 Å². The fourth-order valence-corrected chi connectivity index (χ4v) is 5.28. The molecule has 2 aliphatic heterocycles. The van der Waals surface area contributed by atoms with E-state index < -0.39 is 47.3 Å². The van der Waals surface area contributed by atoms with Gasteiger partial charge in [0, 0.05) is 65.9 Å². The van der Waals surface area contributed by atoms with Gasteiger partial charge in [-0.1, -0.05) is 32.0 Å². The highest BCUT2D eigenvalue weighted by Gasteiger charge is 2.37. The van der Waals surface area contributed by atoms with Crippen molar-refractivity contribution in [1.82, 2.24) is 0 Å². The van der Waals surface area contributed by atoms with Gasteiger partial charge >= 0.3 is 5.97 Å². The molecule has 0 saturated heterocycles. The number of rotatable bonds is 3. The molecular formula is C39H38O16. The number of aromatic hydroxyl groups is 11. The van der Waals surface area contributed by atoms with Gasteiger partial charge in [-0.25, -0.2) is 4.79 Å². The van der Waals surface area contributed by atoms with E-state index >= 15 is 0 Å². The number of phenols is 9. The highest BCUT2D eigenvalue weighted by molar-refractivity contribution is 5.91. The van der Waals surface area contributed by atoms with Crippen LogP contribution in [0.5, 0.6) is 74.7 Å². The second kappa shape index (κ2) is 17.5. The molecule has 0 radical (unpaired) electrons. The van der Waals surface area contributed by atoms with Gasteiger partial charge < -0.3 is 75.5 Å². The van der Waals surface area contributed by atoms with Crippen LogP contribution in [0.15, 0.2) is 66.7 Å². The zero-order chi connectivity index (χ0) is 40.6. The molecule has 3 atom stereocenters. The van der Waals surface area contributed by atoms with E-state index in [1.54, 1.807) is 0 Å². The van der Waals surface area contributed by atoms with E-state index in [1.165, 1.54) is 48.5 Å². The zero-order valence-corrected chi connectivity index (χ0v) is 29.2. The first-order valence-electron chi connectivity index (χ1n) is 16.5. The SMILES string of the molecule is CC.O=C(OC1Cc2c(O)cc(O)cc2OC1c1ccc(O)c(O)c1)c1cc(O)c(O)c(O)c1.Oc1cc#ccc1O.Oc1cc(O)c2c(c1)OC[C@H](O)C2. The summed E-state index contributed by atoms with van der Waals surface area (Å²) in [6, 6.07) is 18.2. The first-order chi connectivity index (χ1) is 26.1. The van der Waals surface area contributed by atoms with Crippen LogP contribution < -0.4 is 9.47 Å². The van der Waals surface area contributed by atoms with Gasteiger partial charge in [-0.2, -0.15) is 0 Å². The van der Waals surface area contributed by atoms with Gasteiger partial charge in [-0.3, -0.25) is 0 Å². The van der Waals surface area contributed by atoms with Gasteiger partial charge in [-0.05, 0) is 24.3 Å². The van der Waals surface area contributed by atoms with E-state index in [2.05, 4.69) is 12.1 Å². The predicted molar refractivity (Wildman–Crippen MR) is 191 cm³/mol. The van der Waals surface area contributed by atoms with Crippen LogP contribution in [0.2, 0.25) is 0 Å². The third-order valence-electron chi connectivity index (χ3n) is 7.86. The molecule has 55 heavy (non-hydrogen) atoms. The number of aliphatic hydroxyl groups is 1. The summed E-state index contributed by atoms with van der Waals surface area (Å²) < 4.78 is 16.5. The molecular weight excluding hydrogens is 724 g/mol. The average molecular weight is 763 g/mol. The largest absolute Gasteiger partial charge is 0.508 e. The van der Waals surface area contributed by atoms with Gasteiger partial charge in [-0.15, -0.1) is 0 Å². The molecule has 0 bridgehead atoms. The zero-order valence-electron chi connectivity index (χ0n) is 29.2. The number of hydrogen-bond acceptors (Lipinski definition) is 16. The number of hydrogen-bond donors (Lipinski definition) is 12. The smallest absolute Gasteiger partial charge is 0.338 e. The number of aliphatic hydroxyl groups excluding tert-OH is 1. The number of benzene rings is 4. The standard InChI is InChI=1S/C22H18O10.C9H10O4.C6H4O2.C2H6/c23-11-6-14(25)12-8-19(32-22(30)10-4-16(27)20(29)17(28)5-10)21(31-18(12)7-11)9-1-2-13(24)15(26)3-9;10-5-2-8(12)7-1-6(11)4-13-9(7)3-5;7-5-3-1-2-4-6(5)8;1-2/h1-7,19,21,23-29H,8H2;2-3,6,10-12H,1,4H2;3-4,7-8H;1-2H3/t;6-;;/m.1../s1. The van der Waals surface area contributed by atoms with Gasteiger partial charge in [0.05, 0.1) is 11.7 Å². The second-order valence-electron chi connectivity index (χ2n) is 11.7. The summed E-state index contributed by atoms with van der Waals surface area (Å²) >= 11 is 0. The first kappa shape index (κ1) is 40.5. The second-order valence-corrected chi connectivity index (χ2v) is 11.7. The lowest BCUT2D eigenvalue weighted by Crippen LogP contribution is -2.34. The molecule has 0 aromatic heterocycles. The molecule has 2 unspecified atom stereocenters. The van der Waals surface area contributed by atoms with Crippen molar-refractivity contribution in [3.05, 3.63) is 101 Å². The van der Waals surface area contributed by atoms with E-state index in [0.29, 0.717) is 23.3 Å². The van der Waals surface area contributed by atoms with Crippen LogP contribution in [0.3, 0.4) is 0 Å². The Morgan fingerprint density at radius 2 is 1.18 bits per heavy atom. The maximum absolute atomic E-state index is 12.7. The number of esters is 1. The van der Waals surface area contributed by atoms with Crippen LogP contribution in [0, 0.1) is 12.1 Å². The highest BCUT2D eigenvalue weighted by atomic mass is 16.6. The van der Waals surface area contributed by atoms with E-state index in [-0.39, 0.29) is 70.2 Å². The summed E-state index contributed by atoms with van der Waals surface area (Å²) in [4.78, 5) is 12.7. The lowest BCUT2D eigenvalue weighted by molar-refractivity contribution is -0.0189. The molecule has 5 aromatic rings. The van der Waals surface area contributed by atoms with Crippen molar-refractivity contribution in [2.24, 2.45) is 0 Å². The summed E-state index contributed by atoms with van der Waals surface area (Å²) in [6.07, 6.45) is -2.34. The topological polar surface area (TPSA) is 288 Å². The molecule has 290 valence electrons. The van der Waals surface area contributed by atoms with Crippen molar-refractivity contribution in [3.8, 4) is 74.7 Å². The highest BCUT2D eigenvalue weighted by Crippen LogP contribution is 2.44.